The maximum absolute atomic E-state index is 5.96. The van der Waals surface area contributed by atoms with Crippen LogP contribution in [0.25, 0.3) is 0 Å². The number of guanidine groups is 1. The topological polar surface area (TPSA) is 50.8 Å². The zero-order valence-electron chi connectivity index (χ0n) is 10.5. The number of hydrogen-bond donors (Lipinski definition) is 1. The van der Waals surface area contributed by atoms with Crippen LogP contribution in [-0.4, -0.2) is 43.7 Å². The summed E-state index contributed by atoms with van der Waals surface area (Å²) in [6, 6.07) is 0. The Morgan fingerprint density at radius 2 is 2.18 bits per heavy atom. The summed E-state index contributed by atoms with van der Waals surface area (Å²) in [5.41, 5.74) is 7.53. The van der Waals surface area contributed by atoms with Crippen molar-refractivity contribution in [3.63, 3.8) is 0 Å². The molecule has 1 saturated heterocycles. The maximum Gasteiger partial charge on any atom is 0.191 e. The molecule has 0 atom stereocenters. The zero-order chi connectivity index (χ0) is 11.9. The number of morpholine rings is 1. The van der Waals surface area contributed by atoms with Gasteiger partial charge in [-0.2, -0.15) is 0 Å². The molecule has 96 valence electrons. The SMILES string of the molecule is NC(=NCCC1=CCCCC1)N1CCOCC1. The van der Waals surface area contributed by atoms with Crippen molar-refractivity contribution in [3.8, 4) is 0 Å². The van der Waals surface area contributed by atoms with Gasteiger partial charge in [0.1, 0.15) is 0 Å². The molecule has 0 amide bonds. The summed E-state index contributed by atoms with van der Waals surface area (Å²) < 4.78 is 5.29. The van der Waals surface area contributed by atoms with Crippen molar-refractivity contribution in [1.29, 1.82) is 0 Å². The highest BCUT2D eigenvalue weighted by Crippen LogP contribution is 2.19. The van der Waals surface area contributed by atoms with Crippen LogP contribution in [-0.2, 0) is 4.74 Å². The second-order valence-electron chi connectivity index (χ2n) is 4.70. The summed E-state index contributed by atoms with van der Waals surface area (Å²) in [6.45, 7) is 4.10. The Hall–Kier alpha value is -1.03. The van der Waals surface area contributed by atoms with Crippen molar-refractivity contribution < 1.29 is 4.74 Å². The minimum Gasteiger partial charge on any atom is -0.378 e. The molecule has 0 saturated carbocycles. The molecular formula is C13H23N3O. The minimum atomic E-state index is 0.685. The Kier molecular flexibility index (Phi) is 4.86. The molecule has 0 bridgehead atoms. The lowest BCUT2D eigenvalue weighted by atomic mass is 9.97. The number of allylic oxidation sites excluding steroid dienone is 1. The predicted octanol–water partition coefficient (Wildman–Crippen LogP) is 1.52. The average Bonchev–Trinajstić information content (AvgIpc) is 2.41. The normalized spacial score (nSPS) is 22.5. The first-order valence-corrected chi connectivity index (χ1v) is 6.67. The Labute approximate surface area is 104 Å². The molecule has 0 aromatic carbocycles. The van der Waals surface area contributed by atoms with Crippen LogP contribution in [0.3, 0.4) is 0 Å². The van der Waals surface area contributed by atoms with Crippen molar-refractivity contribution in [2.75, 3.05) is 32.8 Å². The molecule has 0 radical (unpaired) electrons. The van der Waals surface area contributed by atoms with E-state index in [2.05, 4.69) is 16.0 Å². The van der Waals surface area contributed by atoms with E-state index in [9.17, 15) is 0 Å². The predicted molar refractivity (Wildman–Crippen MR) is 70.0 cm³/mol. The molecule has 2 aliphatic rings. The van der Waals surface area contributed by atoms with Gasteiger partial charge in [0.25, 0.3) is 0 Å². The molecule has 1 aliphatic carbocycles. The van der Waals surface area contributed by atoms with Crippen molar-refractivity contribution in [2.45, 2.75) is 32.1 Å². The smallest absolute Gasteiger partial charge is 0.191 e. The van der Waals surface area contributed by atoms with Gasteiger partial charge >= 0.3 is 0 Å². The minimum absolute atomic E-state index is 0.685. The molecule has 0 unspecified atom stereocenters. The van der Waals surface area contributed by atoms with Gasteiger partial charge in [-0.15, -0.1) is 0 Å². The lowest BCUT2D eigenvalue weighted by molar-refractivity contribution is 0.0674. The van der Waals surface area contributed by atoms with Crippen molar-refractivity contribution >= 4 is 5.96 Å². The van der Waals surface area contributed by atoms with Crippen LogP contribution in [0.5, 0.6) is 0 Å². The fourth-order valence-corrected chi connectivity index (χ4v) is 2.34. The van der Waals surface area contributed by atoms with Gasteiger partial charge in [0.05, 0.1) is 13.2 Å². The molecule has 1 aliphatic heterocycles. The quantitative estimate of drug-likeness (QED) is 0.460. The highest BCUT2D eigenvalue weighted by atomic mass is 16.5. The first-order valence-electron chi connectivity index (χ1n) is 6.67. The second-order valence-corrected chi connectivity index (χ2v) is 4.70. The van der Waals surface area contributed by atoms with Crippen LogP contribution in [0.4, 0.5) is 0 Å². The summed E-state index contributed by atoms with van der Waals surface area (Å²) in [7, 11) is 0. The Balaban J connectivity index is 1.73. The van der Waals surface area contributed by atoms with Gasteiger partial charge in [0.2, 0.25) is 0 Å². The lowest BCUT2D eigenvalue weighted by Gasteiger charge is -2.27. The van der Waals surface area contributed by atoms with Crippen LogP contribution >= 0.6 is 0 Å². The zero-order valence-corrected chi connectivity index (χ0v) is 10.5. The Bertz CT molecular complexity index is 293. The first kappa shape index (κ1) is 12.4. The third kappa shape index (κ3) is 4.04. The Morgan fingerprint density at radius 3 is 2.88 bits per heavy atom. The highest BCUT2D eigenvalue weighted by Gasteiger charge is 2.11. The first-order chi connectivity index (χ1) is 8.36. The van der Waals surface area contributed by atoms with Gasteiger partial charge in [0, 0.05) is 19.6 Å². The Morgan fingerprint density at radius 1 is 1.35 bits per heavy atom. The summed E-state index contributed by atoms with van der Waals surface area (Å²) >= 11 is 0. The van der Waals surface area contributed by atoms with Gasteiger partial charge in [0.15, 0.2) is 5.96 Å². The number of hydrogen-bond acceptors (Lipinski definition) is 2. The molecule has 2 rings (SSSR count). The molecule has 0 aromatic rings. The number of nitrogens with two attached hydrogens (primary N) is 1. The lowest BCUT2D eigenvalue weighted by Crippen LogP contribution is -2.44. The van der Waals surface area contributed by atoms with E-state index in [-0.39, 0.29) is 0 Å². The molecule has 1 fully saturated rings. The van der Waals surface area contributed by atoms with Gasteiger partial charge in [-0.3, -0.25) is 4.99 Å². The molecule has 4 nitrogen and oxygen atoms in total. The van der Waals surface area contributed by atoms with Crippen molar-refractivity contribution in [2.24, 2.45) is 10.7 Å². The number of aliphatic imine (C=N–C) groups is 1. The summed E-state index contributed by atoms with van der Waals surface area (Å²) in [5.74, 6) is 0.685. The van der Waals surface area contributed by atoms with Crippen LogP contribution in [0, 0.1) is 0 Å². The van der Waals surface area contributed by atoms with E-state index in [0.29, 0.717) is 5.96 Å². The van der Waals surface area contributed by atoms with E-state index in [0.717, 1.165) is 39.3 Å². The van der Waals surface area contributed by atoms with E-state index in [1.165, 1.54) is 25.7 Å². The average molecular weight is 237 g/mol. The van der Waals surface area contributed by atoms with Gasteiger partial charge in [-0.25, -0.2) is 0 Å². The van der Waals surface area contributed by atoms with E-state index in [1.54, 1.807) is 5.57 Å². The molecule has 1 heterocycles. The summed E-state index contributed by atoms with van der Waals surface area (Å²) in [5, 5.41) is 0. The summed E-state index contributed by atoms with van der Waals surface area (Å²) in [4.78, 5) is 6.58. The molecule has 0 aromatic heterocycles. The van der Waals surface area contributed by atoms with Gasteiger partial charge in [-0.1, -0.05) is 11.6 Å². The molecular weight excluding hydrogens is 214 g/mol. The summed E-state index contributed by atoms with van der Waals surface area (Å²) in [6.07, 6.45) is 8.65. The maximum atomic E-state index is 5.96. The molecule has 0 spiro atoms. The molecule has 2 N–H and O–H groups in total. The van der Waals surface area contributed by atoms with Crippen molar-refractivity contribution in [1.82, 2.24) is 4.90 Å². The number of ether oxygens (including phenoxy) is 1. The fraction of sp³-hybridized carbons (Fsp3) is 0.769. The van der Waals surface area contributed by atoms with E-state index in [1.807, 2.05) is 0 Å². The van der Waals surface area contributed by atoms with E-state index >= 15 is 0 Å². The fourth-order valence-electron chi connectivity index (χ4n) is 2.34. The second kappa shape index (κ2) is 6.64. The van der Waals surface area contributed by atoms with E-state index < -0.39 is 0 Å². The van der Waals surface area contributed by atoms with Crippen LogP contribution in [0.1, 0.15) is 32.1 Å². The molecule has 4 heteroatoms. The van der Waals surface area contributed by atoms with E-state index in [4.69, 9.17) is 10.5 Å². The van der Waals surface area contributed by atoms with Gasteiger partial charge in [-0.05, 0) is 32.1 Å². The number of rotatable bonds is 3. The molecule has 17 heavy (non-hydrogen) atoms. The monoisotopic (exact) mass is 237 g/mol. The number of nitrogens with zero attached hydrogens (tertiary/aromatic N) is 2. The van der Waals surface area contributed by atoms with Gasteiger partial charge < -0.3 is 15.4 Å². The highest BCUT2D eigenvalue weighted by molar-refractivity contribution is 5.78. The van der Waals surface area contributed by atoms with Crippen LogP contribution < -0.4 is 5.73 Å². The third-order valence-corrected chi connectivity index (χ3v) is 3.43. The largest absolute Gasteiger partial charge is 0.378 e. The van der Waals surface area contributed by atoms with Crippen LogP contribution in [0.15, 0.2) is 16.6 Å². The third-order valence-electron chi connectivity index (χ3n) is 3.43. The standard InChI is InChI=1S/C13H23N3O/c14-13(16-8-10-17-11-9-16)15-7-6-12-4-2-1-3-5-12/h4H,1-3,5-11H2,(H2,14,15). The van der Waals surface area contributed by atoms with Crippen LogP contribution in [0.2, 0.25) is 0 Å². The van der Waals surface area contributed by atoms with Crippen molar-refractivity contribution in [3.05, 3.63) is 11.6 Å².